The Kier molecular flexibility index (Phi) is 5.66. The highest BCUT2D eigenvalue weighted by Gasteiger charge is 2.20. The molecular weight excluding hydrogens is 351 g/mol. The van der Waals surface area contributed by atoms with Gasteiger partial charge in [0.2, 0.25) is 5.91 Å². The van der Waals surface area contributed by atoms with Crippen molar-refractivity contribution in [3.05, 3.63) is 54.1 Å². The van der Waals surface area contributed by atoms with E-state index in [0.29, 0.717) is 30.2 Å². The van der Waals surface area contributed by atoms with Crippen molar-refractivity contribution in [1.29, 1.82) is 0 Å². The molecule has 0 atom stereocenters. The van der Waals surface area contributed by atoms with E-state index in [1.807, 2.05) is 4.68 Å². The minimum absolute atomic E-state index is 0.0349. The number of aryl methyl sites for hydroxylation is 1. The molecule has 8 heteroatoms. The van der Waals surface area contributed by atoms with Gasteiger partial charge in [0, 0.05) is 25.1 Å². The summed E-state index contributed by atoms with van der Waals surface area (Å²) in [6.07, 6.45) is 4.47. The zero-order chi connectivity index (χ0) is 19.4. The molecular formula is C19H21FN4O3. The summed E-state index contributed by atoms with van der Waals surface area (Å²) in [5.41, 5.74) is 1.38. The van der Waals surface area contributed by atoms with Crippen molar-refractivity contribution in [2.75, 3.05) is 23.8 Å². The first-order valence-electron chi connectivity index (χ1n) is 8.65. The molecule has 142 valence electrons. The van der Waals surface area contributed by atoms with Gasteiger partial charge >= 0.3 is 0 Å². The number of ether oxygens (including phenoxy) is 1. The lowest BCUT2D eigenvalue weighted by Gasteiger charge is -2.22. The first kappa shape index (κ1) is 18.8. The van der Waals surface area contributed by atoms with Crippen molar-refractivity contribution < 1.29 is 18.7 Å². The van der Waals surface area contributed by atoms with E-state index in [2.05, 4.69) is 22.3 Å². The Morgan fingerprint density at radius 3 is 2.78 bits per heavy atom. The number of carbonyl (C=O) groups is 2. The predicted octanol–water partition coefficient (Wildman–Crippen LogP) is 3.06. The average Bonchev–Trinajstić information content (AvgIpc) is 3.07. The number of hydrogen-bond donors (Lipinski definition) is 2. The second-order valence-corrected chi connectivity index (χ2v) is 6.29. The molecule has 0 aliphatic carbocycles. The number of rotatable bonds is 5. The van der Waals surface area contributed by atoms with E-state index in [0.717, 1.165) is 18.9 Å². The van der Waals surface area contributed by atoms with Crippen LogP contribution >= 0.6 is 0 Å². The molecule has 2 aromatic rings. The van der Waals surface area contributed by atoms with Gasteiger partial charge in [-0.2, -0.15) is 5.10 Å². The van der Waals surface area contributed by atoms with E-state index < -0.39 is 11.7 Å². The van der Waals surface area contributed by atoms with Crippen LogP contribution in [0.4, 0.5) is 15.8 Å². The molecule has 1 fully saturated rings. The summed E-state index contributed by atoms with van der Waals surface area (Å²) in [5, 5.41) is 9.52. The number of amides is 2. The van der Waals surface area contributed by atoms with Gasteiger partial charge in [-0.25, -0.2) is 4.39 Å². The molecule has 3 rings (SSSR count). The molecule has 0 unspecified atom stereocenters. The molecule has 0 saturated carbocycles. The van der Waals surface area contributed by atoms with Crippen LogP contribution in [0.2, 0.25) is 0 Å². The molecule has 0 spiro atoms. The lowest BCUT2D eigenvalue weighted by Crippen LogP contribution is -2.20. The summed E-state index contributed by atoms with van der Waals surface area (Å²) < 4.78 is 21.0. The zero-order valence-electron chi connectivity index (χ0n) is 15.0. The van der Waals surface area contributed by atoms with Gasteiger partial charge in [0.1, 0.15) is 5.82 Å². The van der Waals surface area contributed by atoms with Crippen LogP contribution in [-0.2, 0) is 9.53 Å². The van der Waals surface area contributed by atoms with Gasteiger partial charge < -0.3 is 15.4 Å². The van der Waals surface area contributed by atoms with E-state index in [-0.39, 0.29) is 17.6 Å². The smallest absolute Gasteiger partial charge is 0.259 e. The Morgan fingerprint density at radius 2 is 2.07 bits per heavy atom. The van der Waals surface area contributed by atoms with E-state index >= 15 is 0 Å². The van der Waals surface area contributed by atoms with Crippen LogP contribution in [0.25, 0.3) is 0 Å². The van der Waals surface area contributed by atoms with Crippen molar-refractivity contribution in [2.45, 2.75) is 25.8 Å². The van der Waals surface area contributed by atoms with Crippen LogP contribution in [0.3, 0.4) is 0 Å². The lowest BCUT2D eigenvalue weighted by molar-refractivity contribution is -0.111. The molecule has 1 aliphatic rings. The fourth-order valence-corrected chi connectivity index (χ4v) is 2.92. The maximum absolute atomic E-state index is 13.8. The molecule has 0 bridgehead atoms. The first-order chi connectivity index (χ1) is 13.0. The Morgan fingerprint density at radius 1 is 1.33 bits per heavy atom. The standard InChI is InChI=1S/C19H21FN4O3/c1-3-18(25)22-17-10-13(4-5-16(17)20)21-19(26)15-11-24(23-12(15)2)14-6-8-27-9-7-14/h3-5,10-11,14H,1,6-9H2,2H3,(H,21,26)(H,22,25). The molecule has 2 N–H and O–H groups in total. The zero-order valence-corrected chi connectivity index (χ0v) is 15.0. The number of anilines is 2. The summed E-state index contributed by atoms with van der Waals surface area (Å²) in [5.74, 6) is -1.49. The maximum atomic E-state index is 13.8. The second-order valence-electron chi connectivity index (χ2n) is 6.29. The summed E-state index contributed by atoms with van der Waals surface area (Å²) in [4.78, 5) is 24.0. The van der Waals surface area contributed by atoms with Crippen LogP contribution in [-0.4, -0.2) is 34.8 Å². The van der Waals surface area contributed by atoms with Gasteiger partial charge in [0.25, 0.3) is 5.91 Å². The molecule has 1 aliphatic heterocycles. The summed E-state index contributed by atoms with van der Waals surface area (Å²) in [7, 11) is 0. The Labute approximate surface area is 156 Å². The third-order valence-electron chi connectivity index (χ3n) is 4.39. The molecule has 2 heterocycles. The predicted molar refractivity (Wildman–Crippen MR) is 99.2 cm³/mol. The second kappa shape index (κ2) is 8.13. The number of aromatic nitrogens is 2. The van der Waals surface area contributed by atoms with Crippen LogP contribution < -0.4 is 10.6 Å². The first-order valence-corrected chi connectivity index (χ1v) is 8.65. The van der Waals surface area contributed by atoms with Gasteiger partial charge in [0.05, 0.1) is 23.0 Å². The molecule has 2 amide bonds. The monoisotopic (exact) mass is 372 g/mol. The van der Waals surface area contributed by atoms with Crippen molar-refractivity contribution in [1.82, 2.24) is 9.78 Å². The third-order valence-corrected chi connectivity index (χ3v) is 4.39. The molecule has 1 aromatic carbocycles. The quantitative estimate of drug-likeness (QED) is 0.790. The van der Waals surface area contributed by atoms with E-state index in [1.54, 1.807) is 13.1 Å². The molecule has 7 nitrogen and oxygen atoms in total. The third kappa shape index (κ3) is 4.40. The number of halogens is 1. The highest BCUT2D eigenvalue weighted by Crippen LogP contribution is 2.23. The number of carbonyl (C=O) groups excluding carboxylic acids is 2. The summed E-state index contributed by atoms with van der Waals surface area (Å²) in [6.45, 7) is 6.46. The Bertz CT molecular complexity index is 872. The van der Waals surface area contributed by atoms with Gasteiger partial charge in [-0.15, -0.1) is 0 Å². The minimum Gasteiger partial charge on any atom is -0.381 e. The summed E-state index contributed by atoms with van der Waals surface area (Å²) >= 11 is 0. The number of nitrogens with one attached hydrogen (secondary N) is 2. The van der Waals surface area contributed by atoms with Crippen LogP contribution in [0.5, 0.6) is 0 Å². The normalized spacial score (nSPS) is 14.6. The van der Waals surface area contributed by atoms with Gasteiger partial charge in [-0.3, -0.25) is 14.3 Å². The summed E-state index contributed by atoms with van der Waals surface area (Å²) in [6, 6.07) is 4.17. The topological polar surface area (TPSA) is 85.2 Å². The van der Waals surface area contributed by atoms with Crippen molar-refractivity contribution >= 4 is 23.2 Å². The minimum atomic E-state index is -0.605. The van der Waals surface area contributed by atoms with Gasteiger partial charge in [-0.1, -0.05) is 6.58 Å². The van der Waals surface area contributed by atoms with Crippen LogP contribution in [0, 0.1) is 12.7 Å². The molecule has 1 saturated heterocycles. The molecule has 27 heavy (non-hydrogen) atoms. The van der Waals surface area contributed by atoms with E-state index in [4.69, 9.17) is 4.74 Å². The lowest BCUT2D eigenvalue weighted by atomic mass is 10.1. The van der Waals surface area contributed by atoms with Gasteiger partial charge in [-0.05, 0) is 44.0 Å². The van der Waals surface area contributed by atoms with Crippen LogP contribution in [0.15, 0.2) is 37.1 Å². The van der Waals surface area contributed by atoms with Gasteiger partial charge in [0.15, 0.2) is 0 Å². The maximum Gasteiger partial charge on any atom is 0.259 e. The molecule has 0 radical (unpaired) electrons. The average molecular weight is 372 g/mol. The Hall–Kier alpha value is -3.00. The highest BCUT2D eigenvalue weighted by molar-refractivity contribution is 6.05. The fourth-order valence-electron chi connectivity index (χ4n) is 2.92. The Balaban J connectivity index is 1.75. The SMILES string of the molecule is C=CC(=O)Nc1cc(NC(=O)c2cn(C3CCOCC3)nc2C)ccc1F. The number of hydrogen-bond acceptors (Lipinski definition) is 4. The van der Waals surface area contributed by atoms with E-state index in [1.165, 1.54) is 18.2 Å². The van der Waals surface area contributed by atoms with Crippen molar-refractivity contribution in [3.8, 4) is 0 Å². The van der Waals surface area contributed by atoms with Crippen molar-refractivity contribution in [2.24, 2.45) is 0 Å². The number of benzene rings is 1. The highest BCUT2D eigenvalue weighted by atomic mass is 19.1. The fraction of sp³-hybridized carbons (Fsp3) is 0.316. The largest absolute Gasteiger partial charge is 0.381 e. The van der Waals surface area contributed by atoms with Crippen LogP contribution in [0.1, 0.15) is 34.9 Å². The van der Waals surface area contributed by atoms with E-state index in [9.17, 15) is 14.0 Å². The number of nitrogens with zero attached hydrogens (tertiary/aromatic N) is 2. The van der Waals surface area contributed by atoms with Crippen molar-refractivity contribution in [3.63, 3.8) is 0 Å². The molecule has 1 aromatic heterocycles.